The number of ether oxygens (including phenoxy) is 2. The zero-order valence-electron chi connectivity index (χ0n) is 25.6. The Morgan fingerprint density at radius 2 is 1.87 bits per heavy atom. The number of nitrogens with zero attached hydrogens (tertiary/aromatic N) is 8. The molecular weight excluding hydrogens is 568 g/mol. The third-order valence-corrected chi connectivity index (χ3v) is 8.99. The number of para-hydroxylation sites is 1. The van der Waals surface area contributed by atoms with E-state index in [1.165, 1.54) is 0 Å². The zero-order chi connectivity index (χ0) is 31.2. The fraction of sp³-hybridized carbons (Fsp3) is 0.441. The predicted octanol–water partition coefficient (Wildman–Crippen LogP) is 4.13. The number of hydrogen-bond donors (Lipinski definition) is 0. The number of nitriles is 1. The number of hydrogen-bond acceptors (Lipinski definition) is 9. The number of benzene rings is 2. The summed E-state index contributed by atoms with van der Waals surface area (Å²) < 4.78 is 11.9. The standard InChI is InChI=1S/C34H38N8O3/c1-36-20-28-21-41(17-18-42(28)34(43)45-23-25-9-4-3-5-10-25)32-29-14-16-40(31-13-7-6-11-26(31)19-35)22-30(29)37-33(38-32)44-24-27-12-8-15-39(27)2/h3-7,9-11,13,27-28H,8,12,14-18,20-24H2,2H3/t27-,28-/m0/s1. The van der Waals surface area contributed by atoms with Gasteiger partial charge in [0.2, 0.25) is 6.54 Å². The summed E-state index contributed by atoms with van der Waals surface area (Å²) in [5.74, 6) is 0.801. The first-order valence-electron chi connectivity index (χ1n) is 15.6. The molecule has 2 atom stereocenters. The third-order valence-electron chi connectivity index (χ3n) is 8.99. The first-order chi connectivity index (χ1) is 22.0. The molecule has 0 saturated carbocycles. The van der Waals surface area contributed by atoms with E-state index in [2.05, 4.69) is 32.7 Å². The Labute approximate surface area is 264 Å². The highest BCUT2D eigenvalue weighted by molar-refractivity contribution is 5.69. The number of aromatic nitrogens is 2. The predicted molar refractivity (Wildman–Crippen MR) is 170 cm³/mol. The molecule has 6 rings (SSSR count). The van der Waals surface area contributed by atoms with Gasteiger partial charge in [-0.2, -0.15) is 15.2 Å². The number of anilines is 2. The first kappa shape index (κ1) is 30.2. The highest BCUT2D eigenvalue weighted by Crippen LogP contribution is 2.33. The van der Waals surface area contributed by atoms with Gasteiger partial charge in [0, 0.05) is 37.8 Å². The molecule has 0 bridgehead atoms. The lowest BCUT2D eigenvalue weighted by Gasteiger charge is -2.40. The van der Waals surface area contributed by atoms with Gasteiger partial charge < -0.3 is 29.0 Å². The number of carbonyl (C=O) groups is 1. The molecule has 11 nitrogen and oxygen atoms in total. The van der Waals surface area contributed by atoms with Crippen LogP contribution in [0, 0.1) is 17.9 Å². The second-order valence-electron chi connectivity index (χ2n) is 11.8. The van der Waals surface area contributed by atoms with Crippen LogP contribution in [0.5, 0.6) is 6.01 Å². The van der Waals surface area contributed by atoms with Crippen LogP contribution in [-0.2, 0) is 24.3 Å². The summed E-state index contributed by atoms with van der Waals surface area (Å²) in [6.45, 7) is 12.2. The maximum Gasteiger partial charge on any atom is 0.410 e. The number of rotatable bonds is 8. The van der Waals surface area contributed by atoms with Crippen molar-refractivity contribution in [3.63, 3.8) is 0 Å². The van der Waals surface area contributed by atoms with Crippen molar-refractivity contribution in [2.45, 2.75) is 44.5 Å². The molecule has 45 heavy (non-hydrogen) atoms. The molecular formula is C34H38N8O3. The monoisotopic (exact) mass is 606 g/mol. The number of fused-ring (bicyclic) bond motifs is 1. The van der Waals surface area contributed by atoms with Crippen LogP contribution in [0.25, 0.3) is 4.85 Å². The summed E-state index contributed by atoms with van der Waals surface area (Å²) in [7, 11) is 2.12. The number of carbonyl (C=O) groups excluding carboxylic acids is 1. The van der Waals surface area contributed by atoms with Gasteiger partial charge >= 0.3 is 12.1 Å². The summed E-state index contributed by atoms with van der Waals surface area (Å²) in [5.41, 5.74) is 4.36. The van der Waals surface area contributed by atoms with Crippen molar-refractivity contribution < 1.29 is 14.3 Å². The van der Waals surface area contributed by atoms with E-state index < -0.39 is 6.09 Å². The maximum absolute atomic E-state index is 13.2. The van der Waals surface area contributed by atoms with Crippen molar-refractivity contribution >= 4 is 17.6 Å². The molecule has 3 aliphatic rings. The van der Waals surface area contributed by atoms with Gasteiger partial charge in [0.25, 0.3) is 0 Å². The lowest BCUT2D eigenvalue weighted by molar-refractivity contribution is 0.0788. The van der Waals surface area contributed by atoms with Crippen LogP contribution in [0.2, 0.25) is 0 Å². The average Bonchev–Trinajstić information content (AvgIpc) is 3.50. The van der Waals surface area contributed by atoms with Crippen molar-refractivity contribution in [3.05, 3.63) is 88.4 Å². The lowest BCUT2D eigenvalue weighted by Crippen LogP contribution is -2.57. The van der Waals surface area contributed by atoms with Crippen LogP contribution in [0.4, 0.5) is 16.3 Å². The van der Waals surface area contributed by atoms with Gasteiger partial charge in [0.1, 0.15) is 31.1 Å². The van der Waals surface area contributed by atoms with E-state index in [1.807, 2.05) is 54.6 Å². The Morgan fingerprint density at radius 3 is 2.64 bits per heavy atom. The zero-order valence-corrected chi connectivity index (χ0v) is 25.6. The molecule has 3 aromatic rings. The second kappa shape index (κ2) is 13.8. The van der Waals surface area contributed by atoms with Gasteiger partial charge in [-0.15, -0.1) is 0 Å². The molecule has 2 aromatic carbocycles. The van der Waals surface area contributed by atoms with Crippen LogP contribution in [-0.4, -0.2) is 90.9 Å². The topological polar surface area (TPSA) is 102 Å². The summed E-state index contributed by atoms with van der Waals surface area (Å²) in [5, 5.41) is 9.73. The highest BCUT2D eigenvalue weighted by atomic mass is 16.6. The van der Waals surface area contributed by atoms with Crippen molar-refractivity contribution in [2.75, 3.05) is 62.7 Å². The molecule has 11 heteroatoms. The smallest absolute Gasteiger partial charge is 0.410 e. The van der Waals surface area contributed by atoms with Gasteiger partial charge in [-0.05, 0) is 50.6 Å². The molecule has 0 radical (unpaired) electrons. The molecule has 1 amide bonds. The Bertz CT molecular complexity index is 1590. The van der Waals surface area contributed by atoms with Crippen LogP contribution in [0.1, 0.15) is 35.2 Å². The van der Waals surface area contributed by atoms with Crippen molar-refractivity contribution in [3.8, 4) is 12.1 Å². The minimum absolute atomic E-state index is 0.167. The Morgan fingerprint density at radius 1 is 1.04 bits per heavy atom. The van der Waals surface area contributed by atoms with Crippen molar-refractivity contribution in [1.29, 1.82) is 5.26 Å². The Balaban J connectivity index is 1.24. The minimum atomic E-state index is -0.409. The first-order valence-corrected chi connectivity index (χ1v) is 15.6. The van der Waals surface area contributed by atoms with E-state index in [0.29, 0.717) is 63.4 Å². The molecule has 2 fully saturated rings. The molecule has 232 valence electrons. The average molecular weight is 607 g/mol. The number of amides is 1. The number of piperazine rings is 1. The Hall–Kier alpha value is -4.87. The summed E-state index contributed by atoms with van der Waals surface area (Å²) in [6, 6.07) is 19.9. The molecule has 3 aliphatic heterocycles. The van der Waals surface area contributed by atoms with E-state index >= 15 is 0 Å². The molecule has 0 N–H and O–H groups in total. The largest absolute Gasteiger partial charge is 0.462 e. The molecule has 2 saturated heterocycles. The van der Waals surface area contributed by atoms with E-state index in [1.54, 1.807) is 4.90 Å². The normalized spacial score (nSPS) is 19.8. The van der Waals surface area contributed by atoms with Crippen molar-refractivity contribution in [1.82, 2.24) is 19.8 Å². The molecule has 1 aromatic heterocycles. The second-order valence-corrected chi connectivity index (χ2v) is 11.8. The molecule has 0 unspecified atom stereocenters. The lowest BCUT2D eigenvalue weighted by atomic mass is 10.0. The van der Waals surface area contributed by atoms with Crippen LogP contribution in [0.15, 0.2) is 54.6 Å². The van der Waals surface area contributed by atoms with E-state index in [-0.39, 0.29) is 19.2 Å². The van der Waals surface area contributed by atoms with Gasteiger partial charge in [-0.3, -0.25) is 4.90 Å². The Kier molecular flexibility index (Phi) is 9.27. The minimum Gasteiger partial charge on any atom is -0.462 e. The van der Waals surface area contributed by atoms with Gasteiger partial charge in [-0.25, -0.2) is 11.4 Å². The number of likely N-dealkylation sites (N-methyl/N-ethyl adjacent to an activating group) is 1. The molecule has 0 aliphatic carbocycles. The molecule has 4 heterocycles. The van der Waals surface area contributed by atoms with Crippen LogP contribution < -0.4 is 14.5 Å². The quantitative estimate of drug-likeness (QED) is 0.350. The fourth-order valence-electron chi connectivity index (χ4n) is 6.48. The van der Waals surface area contributed by atoms with E-state index in [9.17, 15) is 10.1 Å². The van der Waals surface area contributed by atoms with Gasteiger partial charge in [0.05, 0.1) is 23.5 Å². The van der Waals surface area contributed by atoms with E-state index in [4.69, 9.17) is 26.0 Å². The fourth-order valence-corrected chi connectivity index (χ4v) is 6.48. The summed E-state index contributed by atoms with van der Waals surface area (Å²) in [4.78, 5) is 35.0. The van der Waals surface area contributed by atoms with Crippen LogP contribution >= 0.6 is 0 Å². The maximum atomic E-state index is 13.2. The number of likely N-dealkylation sites (tertiary alicyclic amines) is 1. The highest BCUT2D eigenvalue weighted by Gasteiger charge is 2.36. The van der Waals surface area contributed by atoms with Crippen LogP contribution in [0.3, 0.4) is 0 Å². The summed E-state index contributed by atoms with van der Waals surface area (Å²) in [6.07, 6.45) is 2.51. The van der Waals surface area contributed by atoms with Crippen molar-refractivity contribution in [2.24, 2.45) is 0 Å². The third kappa shape index (κ3) is 6.79. The van der Waals surface area contributed by atoms with Gasteiger partial charge in [0.15, 0.2) is 0 Å². The SMILES string of the molecule is [C-]#[N+]C[C@H]1CN(c2nc(OC[C@@H]3CCCN3C)nc3c2CCN(c2ccccc2C#N)C3)CCN1C(=O)OCc1ccccc1. The van der Waals surface area contributed by atoms with E-state index in [0.717, 1.165) is 47.7 Å². The molecule has 0 spiro atoms. The van der Waals surface area contributed by atoms with Gasteiger partial charge in [-0.1, -0.05) is 42.5 Å². The summed E-state index contributed by atoms with van der Waals surface area (Å²) >= 11 is 0.